The third kappa shape index (κ3) is 5.77. The smallest absolute Gasteiger partial charge is 0.0131 e. The topological polar surface area (TPSA) is 0 Å². The highest BCUT2D eigenvalue weighted by atomic mass is 32.1. The first-order chi connectivity index (χ1) is 17.0. The fourth-order valence-corrected chi connectivity index (χ4v) is 16.7. The third-order valence-electron chi connectivity index (χ3n) is 6.97. The van der Waals surface area contributed by atoms with E-state index in [1.165, 1.54) is 27.8 Å². The molecule has 3 aromatic carbocycles. The van der Waals surface area contributed by atoms with E-state index in [-0.39, 0.29) is 17.9 Å². The van der Waals surface area contributed by atoms with Gasteiger partial charge in [-0.1, -0.05) is 140 Å². The molecule has 0 saturated carbocycles. The lowest BCUT2D eigenvalue weighted by molar-refractivity contribution is 0.769. The molecule has 1 aliphatic carbocycles. The van der Waals surface area contributed by atoms with E-state index in [1.54, 1.807) is 10.9 Å². The van der Waals surface area contributed by atoms with Gasteiger partial charge in [0.25, 0.3) is 0 Å². The van der Waals surface area contributed by atoms with E-state index in [1.807, 2.05) is 0 Å². The summed E-state index contributed by atoms with van der Waals surface area (Å²) in [6.07, 6.45) is 5.95. The first-order valence-electron chi connectivity index (χ1n) is 13.2. The molecule has 0 bridgehead atoms. The minimum absolute atomic E-state index is 0.217. The van der Waals surface area contributed by atoms with Gasteiger partial charge in [0.05, 0.1) is 0 Å². The number of aryl methyl sites for hydroxylation is 1. The lowest BCUT2D eigenvalue weighted by Gasteiger charge is -2.50. The second kappa shape index (κ2) is 10.8. The summed E-state index contributed by atoms with van der Waals surface area (Å²) in [5, 5.41) is 2.00. The molecule has 0 amide bonds. The van der Waals surface area contributed by atoms with Crippen LogP contribution in [0.2, 0.25) is 0 Å². The van der Waals surface area contributed by atoms with Gasteiger partial charge in [0.2, 0.25) is 0 Å². The fraction of sp³-hybridized carbons (Fsp3) is 0.353. The van der Waals surface area contributed by atoms with E-state index in [2.05, 4.69) is 146 Å². The second-order valence-electron chi connectivity index (χ2n) is 12.0. The molecule has 0 nitrogen and oxygen atoms in total. The molecule has 3 aromatic rings. The molecule has 0 radical (unpaired) electrons. The van der Waals surface area contributed by atoms with E-state index in [4.69, 9.17) is 0 Å². The van der Waals surface area contributed by atoms with Crippen LogP contribution in [-0.4, -0.2) is 16.0 Å². The van der Waals surface area contributed by atoms with Crippen molar-refractivity contribution in [1.82, 2.24) is 0 Å². The summed E-state index contributed by atoms with van der Waals surface area (Å²) in [6.45, 7) is 19.5. The molecule has 0 heterocycles. The molecule has 0 spiro atoms. The van der Waals surface area contributed by atoms with E-state index < -0.39 is 7.61 Å². The van der Waals surface area contributed by atoms with Crippen LogP contribution >= 0.6 is 15.2 Å². The maximum Gasteiger partial charge on any atom is 0.0131 e. The molecule has 1 aliphatic rings. The standard InChI is InChI=1S/C34H42P2/c1-25-15-12-13-19-30(25)32-26(2)16-14-20-31(32)36(34(6,7)8)35(33(3,4)5)29-23-21-28(22-24-29)27-17-10-9-11-18-27/h9-19,21-24,31H,20H2,1-8H3/t31?,35-,36+/m0/s1. The maximum atomic E-state index is 2.50. The summed E-state index contributed by atoms with van der Waals surface area (Å²) in [7, 11) is -0.759. The molecule has 0 saturated heterocycles. The third-order valence-corrected chi connectivity index (χ3v) is 18.3. The monoisotopic (exact) mass is 512 g/mol. The van der Waals surface area contributed by atoms with E-state index >= 15 is 0 Å². The highest BCUT2D eigenvalue weighted by Crippen LogP contribution is 2.83. The zero-order chi connectivity index (χ0) is 26.1. The average Bonchev–Trinajstić information content (AvgIpc) is 2.82. The van der Waals surface area contributed by atoms with Crippen LogP contribution in [0.1, 0.15) is 66.0 Å². The highest BCUT2D eigenvalue weighted by molar-refractivity contribution is 8.34. The Kier molecular flexibility index (Phi) is 8.10. The predicted molar refractivity (Wildman–Crippen MR) is 166 cm³/mol. The van der Waals surface area contributed by atoms with E-state index in [0.29, 0.717) is 5.66 Å². The molecule has 0 N–H and O–H groups in total. The minimum Gasteiger partial charge on any atom is -0.0833 e. The number of rotatable bonds is 5. The molecule has 188 valence electrons. The van der Waals surface area contributed by atoms with Crippen LogP contribution in [0.25, 0.3) is 16.7 Å². The van der Waals surface area contributed by atoms with Crippen molar-refractivity contribution in [2.75, 3.05) is 0 Å². The van der Waals surface area contributed by atoms with Gasteiger partial charge in [-0.25, -0.2) is 0 Å². The van der Waals surface area contributed by atoms with Gasteiger partial charge < -0.3 is 0 Å². The van der Waals surface area contributed by atoms with Crippen LogP contribution in [0.5, 0.6) is 0 Å². The van der Waals surface area contributed by atoms with Crippen molar-refractivity contribution in [2.45, 2.75) is 77.8 Å². The van der Waals surface area contributed by atoms with Crippen LogP contribution in [0.4, 0.5) is 0 Å². The van der Waals surface area contributed by atoms with Gasteiger partial charge in [-0.2, -0.15) is 0 Å². The number of hydrogen-bond donors (Lipinski definition) is 0. The summed E-state index contributed by atoms with van der Waals surface area (Å²) < 4.78 is 0. The Bertz CT molecular complexity index is 1230. The summed E-state index contributed by atoms with van der Waals surface area (Å²) in [5.41, 5.74) is 9.04. The molecule has 2 heteroatoms. The first kappa shape index (κ1) is 27.0. The molecule has 1 unspecified atom stereocenters. The Balaban J connectivity index is 1.84. The molecular formula is C34H42P2. The second-order valence-corrected chi connectivity index (χ2v) is 19.6. The fourth-order valence-electron chi connectivity index (χ4n) is 5.50. The SMILES string of the molecule is CC1=C(c2ccccc2C)C([P@@]([P@@](c2ccc(-c3ccccc3)cc2)C(C)(C)C)C(C)(C)C)CC=C1. The van der Waals surface area contributed by atoms with Gasteiger partial charge in [0, 0.05) is 5.66 Å². The molecule has 0 fully saturated rings. The largest absolute Gasteiger partial charge is 0.0833 e. The van der Waals surface area contributed by atoms with E-state index in [0.717, 1.165) is 6.42 Å². The van der Waals surface area contributed by atoms with E-state index in [9.17, 15) is 0 Å². The van der Waals surface area contributed by atoms with Gasteiger partial charge in [-0.15, -0.1) is 0 Å². The van der Waals surface area contributed by atoms with Crippen molar-refractivity contribution in [3.63, 3.8) is 0 Å². The molecule has 0 aromatic heterocycles. The lowest BCUT2D eigenvalue weighted by Crippen LogP contribution is -2.29. The quantitative estimate of drug-likeness (QED) is 0.298. The van der Waals surface area contributed by atoms with Crippen molar-refractivity contribution in [3.05, 3.63) is 108 Å². The predicted octanol–water partition coefficient (Wildman–Crippen LogP) is 10.6. The number of hydrogen-bond acceptors (Lipinski definition) is 0. The number of allylic oxidation sites excluding steroid dienone is 4. The summed E-state index contributed by atoms with van der Waals surface area (Å²) in [4.78, 5) is 0. The van der Waals surface area contributed by atoms with Crippen LogP contribution in [-0.2, 0) is 0 Å². The first-order valence-corrected chi connectivity index (χ1v) is 16.6. The van der Waals surface area contributed by atoms with Crippen LogP contribution in [0.15, 0.2) is 96.6 Å². The van der Waals surface area contributed by atoms with Gasteiger partial charge in [0.15, 0.2) is 0 Å². The molecular weight excluding hydrogens is 470 g/mol. The van der Waals surface area contributed by atoms with Crippen molar-refractivity contribution in [2.24, 2.45) is 0 Å². The zero-order valence-electron chi connectivity index (χ0n) is 23.3. The summed E-state index contributed by atoms with van der Waals surface area (Å²) >= 11 is 0. The molecule has 4 rings (SSSR count). The molecule has 0 aliphatic heterocycles. The van der Waals surface area contributed by atoms with Crippen molar-refractivity contribution in [3.8, 4) is 11.1 Å². The Morgan fingerprint density at radius 1 is 0.667 bits per heavy atom. The van der Waals surface area contributed by atoms with Gasteiger partial charge in [-0.05, 0) is 76.9 Å². The van der Waals surface area contributed by atoms with Crippen LogP contribution < -0.4 is 5.30 Å². The summed E-state index contributed by atoms with van der Waals surface area (Å²) in [6, 6.07) is 29.4. The normalized spacial score (nSPS) is 18.3. The Morgan fingerprint density at radius 2 is 1.25 bits per heavy atom. The Morgan fingerprint density at radius 3 is 1.83 bits per heavy atom. The molecule has 36 heavy (non-hydrogen) atoms. The lowest BCUT2D eigenvalue weighted by atomic mass is 9.89. The van der Waals surface area contributed by atoms with Gasteiger partial charge in [0.1, 0.15) is 0 Å². The Labute approximate surface area is 222 Å². The van der Waals surface area contributed by atoms with Crippen molar-refractivity contribution in [1.29, 1.82) is 0 Å². The highest BCUT2D eigenvalue weighted by Gasteiger charge is 2.45. The average molecular weight is 513 g/mol. The number of benzene rings is 3. The van der Waals surface area contributed by atoms with Crippen molar-refractivity contribution >= 4 is 26.1 Å². The van der Waals surface area contributed by atoms with Gasteiger partial charge in [-0.3, -0.25) is 0 Å². The minimum atomic E-state index is -0.401. The zero-order valence-corrected chi connectivity index (χ0v) is 25.1. The van der Waals surface area contributed by atoms with Crippen LogP contribution in [0.3, 0.4) is 0 Å². The van der Waals surface area contributed by atoms with Crippen LogP contribution in [0, 0.1) is 6.92 Å². The maximum absolute atomic E-state index is 2.50. The van der Waals surface area contributed by atoms with Gasteiger partial charge >= 0.3 is 0 Å². The van der Waals surface area contributed by atoms with Crippen molar-refractivity contribution < 1.29 is 0 Å². The summed E-state index contributed by atoms with van der Waals surface area (Å²) in [5.74, 6) is 0. The molecule has 3 atom stereocenters. The Hall–Kier alpha value is -2.00.